The van der Waals surface area contributed by atoms with Gasteiger partial charge >= 0.3 is 0 Å². The largest absolute Gasteiger partial charge is 0.744 e. The predicted molar refractivity (Wildman–Crippen MR) is 193 cm³/mol. The highest BCUT2D eigenvalue weighted by atomic mass is 32.2. The number of aromatic nitrogens is 2. The SMILES string of the molecule is CN(C)c1cc[n+](CCOCCOCCOCC[n+]2ccc(N(C)C)cc2)cc1.Cc1ccc(S(=O)(=O)[O-])cc1.Cc1ccc(S(=O)(=O)[O-])cc1. The molecular weight excluding hydrogens is 697 g/mol. The van der Waals surface area contributed by atoms with Gasteiger partial charge in [0, 0.05) is 63.8 Å². The van der Waals surface area contributed by atoms with Gasteiger partial charge in [0.15, 0.2) is 37.9 Å². The molecule has 4 rings (SSSR count). The molecule has 0 saturated carbocycles. The van der Waals surface area contributed by atoms with Crippen molar-refractivity contribution in [3.8, 4) is 0 Å². The topological polar surface area (TPSA) is 156 Å². The van der Waals surface area contributed by atoms with Crippen LogP contribution in [0.3, 0.4) is 0 Å². The van der Waals surface area contributed by atoms with E-state index < -0.39 is 20.2 Å². The maximum atomic E-state index is 10.4. The quantitative estimate of drug-likeness (QED) is 0.0944. The van der Waals surface area contributed by atoms with Crippen LogP contribution in [-0.2, 0) is 47.5 Å². The zero-order chi connectivity index (χ0) is 37.9. The van der Waals surface area contributed by atoms with Crippen LogP contribution in [0.4, 0.5) is 11.4 Å². The van der Waals surface area contributed by atoms with Gasteiger partial charge in [0.2, 0.25) is 0 Å². The molecule has 0 aliphatic carbocycles. The summed E-state index contributed by atoms with van der Waals surface area (Å²) >= 11 is 0. The molecule has 13 nitrogen and oxygen atoms in total. The van der Waals surface area contributed by atoms with E-state index in [1.54, 1.807) is 24.3 Å². The zero-order valence-corrected chi connectivity index (χ0v) is 31.8. The molecular formula is C36H50N4O9S2. The summed E-state index contributed by atoms with van der Waals surface area (Å²) in [6.07, 6.45) is 8.28. The van der Waals surface area contributed by atoms with E-state index in [0.717, 1.165) is 24.2 Å². The highest BCUT2D eigenvalue weighted by Gasteiger charge is 2.04. The van der Waals surface area contributed by atoms with E-state index in [4.69, 9.17) is 14.2 Å². The Morgan fingerprint density at radius 3 is 1.02 bits per heavy atom. The number of aryl methyl sites for hydroxylation is 2. The number of pyridine rings is 2. The molecule has 280 valence electrons. The van der Waals surface area contributed by atoms with E-state index in [0.29, 0.717) is 39.6 Å². The lowest BCUT2D eigenvalue weighted by Gasteiger charge is -2.10. The normalized spacial score (nSPS) is 11.1. The molecule has 0 fully saturated rings. The summed E-state index contributed by atoms with van der Waals surface area (Å²) in [6, 6.07) is 20.0. The van der Waals surface area contributed by atoms with Gasteiger partial charge in [-0.3, -0.25) is 0 Å². The Morgan fingerprint density at radius 1 is 0.490 bits per heavy atom. The molecule has 51 heavy (non-hydrogen) atoms. The van der Waals surface area contributed by atoms with Crippen LogP contribution in [0.2, 0.25) is 0 Å². The molecule has 0 radical (unpaired) electrons. The van der Waals surface area contributed by atoms with Crippen molar-refractivity contribution in [1.82, 2.24) is 0 Å². The van der Waals surface area contributed by atoms with Crippen LogP contribution in [0.1, 0.15) is 11.1 Å². The second kappa shape index (κ2) is 22.1. The van der Waals surface area contributed by atoms with E-state index in [-0.39, 0.29) is 9.79 Å². The summed E-state index contributed by atoms with van der Waals surface area (Å²) in [6.45, 7) is 9.05. The van der Waals surface area contributed by atoms with Crippen molar-refractivity contribution < 1.29 is 49.3 Å². The third kappa shape index (κ3) is 18.2. The van der Waals surface area contributed by atoms with Gasteiger partial charge in [-0.15, -0.1) is 0 Å². The number of anilines is 2. The fraction of sp³-hybridized carbons (Fsp3) is 0.389. The van der Waals surface area contributed by atoms with Gasteiger partial charge in [-0.2, -0.15) is 0 Å². The molecule has 2 aromatic heterocycles. The van der Waals surface area contributed by atoms with Crippen LogP contribution in [0, 0.1) is 13.8 Å². The van der Waals surface area contributed by atoms with Crippen LogP contribution in [0.15, 0.2) is 107 Å². The summed E-state index contributed by atoms with van der Waals surface area (Å²) in [5, 5.41) is 0. The molecule has 4 aromatic rings. The van der Waals surface area contributed by atoms with E-state index in [2.05, 4.69) is 68.0 Å². The number of rotatable bonds is 16. The van der Waals surface area contributed by atoms with Gasteiger partial charge in [-0.25, -0.2) is 26.0 Å². The lowest BCUT2D eigenvalue weighted by molar-refractivity contribution is -0.698. The van der Waals surface area contributed by atoms with Crippen LogP contribution in [0.25, 0.3) is 0 Å². The highest BCUT2D eigenvalue weighted by Crippen LogP contribution is 2.10. The second-order valence-corrected chi connectivity index (χ2v) is 14.5. The zero-order valence-electron chi connectivity index (χ0n) is 30.2. The molecule has 0 spiro atoms. The Labute approximate surface area is 303 Å². The average molecular weight is 747 g/mol. The summed E-state index contributed by atoms with van der Waals surface area (Å²) in [7, 11) is -0.385. The average Bonchev–Trinajstić information content (AvgIpc) is 3.08. The standard InChI is InChI=1S/C22H36N4O3.2C7H8O3S/c1-23(2)21-5-9-25(10-6-21)13-15-27-17-19-29-20-18-28-16-14-26-11-7-22(8-12-26)24(3)4;2*1-6-2-4-7(5-3-6)11(8,9)10/h5-12H,13-20H2,1-4H3;2*2-5H,1H3,(H,8,9,10)/q+2;;/p-2. The van der Waals surface area contributed by atoms with Crippen molar-refractivity contribution >= 4 is 31.6 Å². The van der Waals surface area contributed by atoms with Crippen molar-refractivity contribution in [2.75, 3.05) is 77.6 Å². The number of benzene rings is 2. The molecule has 15 heteroatoms. The maximum absolute atomic E-state index is 10.4. The molecule has 0 atom stereocenters. The molecule has 0 unspecified atom stereocenters. The monoisotopic (exact) mass is 746 g/mol. The number of hydrogen-bond donors (Lipinski definition) is 0. The molecule has 0 amide bonds. The first kappa shape index (κ1) is 43.2. The van der Waals surface area contributed by atoms with Crippen LogP contribution < -0.4 is 18.9 Å². The third-order valence-electron chi connectivity index (χ3n) is 7.13. The van der Waals surface area contributed by atoms with E-state index in [1.165, 1.54) is 35.6 Å². The van der Waals surface area contributed by atoms with Crippen molar-refractivity contribution in [2.24, 2.45) is 0 Å². The van der Waals surface area contributed by atoms with Crippen LogP contribution in [0.5, 0.6) is 0 Å². The second-order valence-electron chi connectivity index (χ2n) is 11.7. The van der Waals surface area contributed by atoms with Gasteiger partial charge in [0.25, 0.3) is 0 Å². The summed E-state index contributed by atoms with van der Waals surface area (Å²) < 4.78 is 83.4. The van der Waals surface area contributed by atoms with Crippen molar-refractivity contribution in [3.63, 3.8) is 0 Å². The minimum absolute atomic E-state index is 0.178. The Morgan fingerprint density at radius 2 is 0.765 bits per heavy atom. The summed E-state index contributed by atoms with van der Waals surface area (Å²) in [5.74, 6) is 0. The van der Waals surface area contributed by atoms with E-state index in [1.807, 2.05) is 42.0 Å². The predicted octanol–water partition coefficient (Wildman–Crippen LogP) is 2.94. The maximum Gasteiger partial charge on any atom is 0.171 e. The van der Waals surface area contributed by atoms with E-state index in [9.17, 15) is 25.9 Å². The van der Waals surface area contributed by atoms with Crippen LogP contribution >= 0.6 is 0 Å². The van der Waals surface area contributed by atoms with Gasteiger partial charge in [0.05, 0.1) is 36.2 Å². The van der Waals surface area contributed by atoms with Gasteiger partial charge < -0.3 is 33.1 Å². The van der Waals surface area contributed by atoms with Crippen molar-refractivity contribution in [2.45, 2.75) is 36.7 Å². The first-order valence-electron chi connectivity index (χ1n) is 16.2. The molecule has 2 aromatic carbocycles. The highest BCUT2D eigenvalue weighted by molar-refractivity contribution is 7.86. The smallest absolute Gasteiger partial charge is 0.171 e. The Balaban J connectivity index is 0.000000332. The molecule has 0 aliphatic rings. The number of nitrogens with zero attached hydrogens (tertiary/aromatic N) is 4. The lowest BCUT2D eigenvalue weighted by atomic mass is 10.2. The lowest BCUT2D eigenvalue weighted by Crippen LogP contribution is -2.35. The Bertz CT molecular complexity index is 1640. The summed E-state index contributed by atoms with van der Waals surface area (Å²) in [4.78, 5) is 3.82. The first-order valence-corrected chi connectivity index (χ1v) is 19.0. The minimum Gasteiger partial charge on any atom is -0.744 e. The van der Waals surface area contributed by atoms with Crippen molar-refractivity contribution in [3.05, 3.63) is 109 Å². The van der Waals surface area contributed by atoms with Gasteiger partial charge in [-0.1, -0.05) is 35.4 Å². The number of hydrogen-bond acceptors (Lipinski definition) is 11. The van der Waals surface area contributed by atoms with Crippen LogP contribution in [-0.4, -0.2) is 93.8 Å². The third-order valence-corrected chi connectivity index (χ3v) is 8.83. The summed E-state index contributed by atoms with van der Waals surface area (Å²) in [5.41, 5.74) is 4.24. The minimum atomic E-state index is -4.27. The molecule has 0 saturated heterocycles. The van der Waals surface area contributed by atoms with E-state index >= 15 is 0 Å². The molecule has 0 N–H and O–H groups in total. The van der Waals surface area contributed by atoms with Gasteiger partial charge in [0.1, 0.15) is 33.5 Å². The van der Waals surface area contributed by atoms with Crippen molar-refractivity contribution in [1.29, 1.82) is 0 Å². The Hall–Kier alpha value is -3.96. The molecule has 0 bridgehead atoms. The molecule has 2 heterocycles. The molecule has 0 aliphatic heterocycles. The fourth-order valence-corrected chi connectivity index (χ4v) is 5.02. The number of ether oxygens (including phenoxy) is 3. The Kier molecular flexibility index (Phi) is 18.7. The first-order chi connectivity index (χ1) is 24.1. The fourth-order valence-electron chi connectivity index (χ4n) is 4.09. The van der Waals surface area contributed by atoms with Gasteiger partial charge in [-0.05, 0) is 38.1 Å².